The van der Waals surface area contributed by atoms with Crippen LogP contribution in [0.5, 0.6) is 0 Å². The lowest BCUT2D eigenvalue weighted by Gasteiger charge is -2.35. The van der Waals surface area contributed by atoms with Crippen molar-refractivity contribution >= 4 is 0 Å². The summed E-state index contributed by atoms with van der Waals surface area (Å²) in [7, 11) is 0. The Morgan fingerprint density at radius 2 is 1.21 bits per heavy atom. The van der Waals surface area contributed by atoms with E-state index in [0.29, 0.717) is 11.8 Å². The van der Waals surface area contributed by atoms with Crippen LogP contribution in [0.1, 0.15) is 178 Å². The minimum absolute atomic E-state index is 0.0771. The van der Waals surface area contributed by atoms with E-state index in [0.717, 1.165) is 49.4 Å². The van der Waals surface area contributed by atoms with Crippen LogP contribution < -0.4 is 0 Å². The van der Waals surface area contributed by atoms with Crippen molar-refractivity contribution in [1.82, 2.24) is 9.97 Å². The molecule has 0 saturated heterocycles. The van der Waals surface area contributed by atoms with Crippen molar-refractivity contribution < 1.29 is 0 Å². The van der Waals surface area contributed by atoms with Crippen molar-refractivity contribution in [3.05, 3.63) is 47.8 Å². The van der Waals surface area contributed by atoms with Gasteiger partial charge in [-0.25, -0.2) is 9.97 Å². The van der Waals surface area contributed by atoms with Gasteiger partial charge in [0.1, 0.15) is 0 Å². The summed E-state index contributed by atoms with van der Waals surface area (Å²) in [6.45, 7) is 4.55. The third-order valence-corrected chi connectivity index (χ3v) is 10.8. The molecule has 3 heteroatoms. The zero-order chi connectivity index (χ0) is 29.5. The predicted molar refractivity (Wildman–Crippen MR) is 177 cm³/mol. The quantitative estimate of drug-likeness (QED) is 0.178. The monoisotopic (exact) mass is 569 g/mol. The van der Waals surface area contributed by atoms with Crippen LogP contribution in [0.4, 0.5) is 0 Å². The summed E-state index contributed by atoms with van der Waals surface area (Å²) in [5.41, 5.74) is 3.78. The van der Waals surface area contributed by atoms with E-state index in [-0.39, 0.29) is 5.41 Å². The number of unbranched alkanes of at least 4 members (excludes halogenated alkanes) is 10. The van der Waals surface area contributed by atoms with E-state index in [9.17, 15) is 5.26 Å². The molecule has 42 heavy (non-hydrogen) atoms. The lowest BCUT2D eigenvalue weighted by molar-refractivity contribution is 0.223. The van der Waals surface area contributed by atoms with Gasteiger partial charge in [0.05, 0.1) is 11.5 Å². The molecule has 0 amide bonds. The molecule has 1 heterocycles. The molecular formula is C39H59N3. The maximum atomic E-state index is 9.94. The van der Waals surface area contributed by atoms with Crippen LogP contribution in [0.3, 0.4) is 0 Å². The number of aromatic nitrogens is 2. The van der Waals surface area contributed by atoms with Gasteiger partial charge >= 0.3 is 0 Å². The summed E-state index contributed by atoms with van der Waals surface area (Å²) in [6, 6.07) is 11.7. The standard InChI is InChI=1S/C39H59N3/c1-3-5-7-9-10-11-12-13-15-32-16-18-34(19-17-32)37-29-41-38(42-30-37)36-22-20-33(21-23-36)35-24-27-39(31-40,28-25-35)26-14-8-6-4-2/h20-23,29-30,32,34-35H,3-19,24-28H2,1-2H3/t32-,34-,35-,39-. The van der Waals surface area contributed by atoms with Gasteiger partial charge in [-0.2, -0.15) is 5.26 Å². The van der Waals surface area contributed by atoms with Crippen molar-refractivity contribution in [2.24, 2.45) is 11.3 Å². The summed E-state index contributed by atoms with van der Waals surface area (Å²) in [5, 5.41) is 9.94. The smallest absolute Gasteiger partial charge is 0.159 e. The zero-order valence-electron chi connectivity index (χ0n) is 27.1. The molecule has 4 rings (SSSR count). The Labute approximate surface area is 258 Å². The van der Waals surface area contributed by atoms with Gasteiger partial charge in [0, 0.05) is 18.0 Å². The maximum Gasteiger partial charge on any atom is 0.159 e. The molecule has 0 bridgehead atoms. The maximum absolute atomic E-state index is 9.94. The minimum Gasteiger partial charge on any atom is -0.236 e. The summed E-state index contributed by atoms with van der Waals surface area (Å²) in [4.78, 5) is 9.61. The molecule has 230 valence electrons. The summed E-state index contributed by atoms with van der Waals surface area (Å²) < 4.78 is 0. The van der Waals surface area contributed by atoms with Crippen LogP contribution in [0, 0.1) is 22.7 Å². The van der Waals surface area contributed by atoms with Crippen molar-refractivity contribution in [3.63, 3.8) is 0 Å². The lowest BCUT2D eigenvalue weighted by atomic mass is 9.67. The van der Waals surface area contributed by atoms with Crippen LogP contribution in [-0.4, -0.2) is 9.97 Å². The highest BCUT2D eigenvalue weighted by atomic mass is 14.9. The fourth-order valence-electron chi connectivity index (χ4n) is 7.77. The Morgan fingerprint density at radius 3 is 1.81 bits per heavy atom. The van der Waals surface area contributed by atoms with E-state index in [1.165, 1.54) is 120 Å². The molecule has 2 fully saturated rings. The molecule has 0 aliphatic heterocycles. The molecule has 2 aromatic rings. The Kier molecular flexibility index (Phi) is 13.9. The van der Waals surface area contributed by atoms with Gasteiger partial charge in [-0.1, -0.05) is 122 Å². The number of hydrogen-bond donors (Lipinski definition) is 0. The molecule has 0 radical (unpaired) electrons. The van der Waals surface area contributed by atoms with Gasteiger partial charge in [-0.15, -0.1) is 0 Å². The van der Waals surface area contributed by atoms with E-state index >= 15 is 0 Å². The second-order valence-corrected chi connectivity index (χ2v) is 13.9. The molecule has 0 atom stereocenters. The van der Waals surface area contributed by atoms with E-state index in [1.54, 1.807) is 0 Å². The number of benzene rings is 1. The topological polar surface area (TPSA) is 49.6 Å². The molecule has 0 unspecified atom stereocenters. The van der Waals surface area contributed by atoms with Crippen LogP contribution in [0.2, 0.25) is 0 Å². The fraction of sp³-hybridized carbons (Fsp3) is 0.718. The van der Waals surface area contributed by atoms with Gasteiger partial charge in [-0.3, -0.25) is 0 Å². The van der Waals surface area contributed by atoms with E-state index < -0.39 is 0 Å². The van der Waals surface area contributed by atoms with Crippen molar-refractivity contribution in [3.8, 4) is 17.5 Å². The van der Waals surface area contributed by atoms with E-state index in [4.69, 9.17) is 9.97 Å². The first-order valence-corrected chi connectivity index (χ1v) is 18.0. The Balaban J connectivity index is 1.18. The summed E-state index contributed by atoms with van der Waals surface area (Å²) in [6.07, 6.45) is 32.8. The number of nitriles is 1. The Bertz CT molecular complexity index is 1030. The van der Waals surface area contributed by atoms with Crippen LogP contribution in [0.25, 0.3) is 11.4 Å². The Hall–Kier alpha value is -2.21. The zero-order valence-corrected chi connectivity index (χ0v) is 27.1. The normalized spacial score (nSPS) is 24.4. The van der Waals surface area contributed by atoms with Crippen molar-refractivity contribution in [2.45, 2.75) is 167 Å². The van der Waals surface area contributed by atoms with E-state index in [1.807, 2.05) is 0 Å². The molecule has 3 nitrogen and oxygen atoms in total. The number of rotatable bonds is 17. The second kappa shape index (κ2) is 17.8. The van der Waals surface area contributed by atoms with Gasteiger partial charge < -0.3 is 0 Å². The van der Waals surface area contributed by atoms with Gasteiger partial charge in [0.15, 0.2) is 5.82 Å². The van der Waals surface area contributed by atoms with Gasteiger partial charge in [0.2, 0.25) is 0 Å². The molecule has 1 aromatic heterocycles. The van der Waals surface area contributed by atoms with Crippen LogP contribution in [0.15, 0.2) is 36.7 Å². The molecule has 2 aliphatic carbocycles. The van der Waals surface area contributed by atoms with Crippen molar-refractivity contribution in [1.29, 1.82) is 5.26 Å². The number of nitrogens with zero attached hydrogens (tertiary/aromatic N) is 3. The van der Waals surface area contributed by atoms with Crippen LogP contribution >= 0.6 is 0 Å². The first-order valence-electron chi connectivity index (χ1n) is 18.0. The molecule has 0 N–H and O–H groups in total. The third-order valence-electron chi connectivity index (χ3n) is 10.8. The average Bonchev–Trinajstić information content (AvgIpc) is 3.05. The largest absolute Gasteiger partial charge is 0.236 e. The molecule has 2 saturated carbocycles. The fourth-order valence-corrected chi connectivity index (χ4v) is 7.77. The Morgan fingerprint density at radius 1 is 0.667 bits per heavy atom. The van der Waals surface area contributed by atoms with Crippen molar-refractivity contribution in [2.75, 3.05) is 0 Å². The highest BCUT2D eigenvalue weighted by Crippen LogP contribution is 2.46. The second-order valence-electron chi connectivity index (χ2n) is 13.9. The first kappa shape index (κ1) is 32.7. The highest BCUT2D eigenvalue weighted by molar-refractivity contribution is 5.55. The molecule has 0 spiro atoms. The van der Waals surface area contributed by atoms with Gasteiger partial charge in [-0.05, 0) is 86.7 Å². The highest BCUT2D eigenvalue weighted by Gasteiger charge is 2.35. The SMILES string of the molecule is CCCCCCCCCC[C@H]1CC[C@H](c2cnc(-c3ccc([C@H]4CC[C@@](C#N)(CCCCCC)CC4)cc3)nc2)CC1. The number of hydrogen-bond acceptors (Lipinski definition) is 3. The minimum atomic E-state index is -0.0771. The third kappa shape index (κ3) is 9.92. The average molecular weight is 570 g/mol. The predicted octanol–water partition coefficient (Wildman–Crippen LogP) is 12.1. The molecular weight excluding hydrogens is 510 g/mol. The lowest BCUT2D eigenvalue weighted by Crippen LogP contribution is -2.25. The summed E-state index contributed by atoms with van der Waals surface area (Å²) >= 11 is 0. The molecule has 2 aliphatic rings. The van der Waals surface area contributed by atoms with Crippen LogP contribution in [-0.2, 0) is 0 Å². The first-order chi connectivity index (χ1) is 20.7. The van der Waals surface area contributed by atoms with Gasteiger partial charge in [0.25, 0.3) is 0 Å². The molecule has 1 aromatic carbocycles. The summed E-state index contributed by atoms with van der Waals surface area (Å²) in [5.74, 6) is 2.99. The van der Waals surface area contributed by atoms with E-state index in [2.05, 4.69) is 56.6 Å².